The monoisotopic (exact) mass is 287 g/mol. The second-order valence-corrected chi connectivity index (χ2v) is 3.29. The number of nitrogens with zero attached hydrogens (tertiary/aromatic N) is 1. The normalized spacial score (nSPS) is 8.89. The molecule has 0 saturated heterocycles. The van der Waals surface area contributed by atoms with E-state index in [2.05, 4.69) is 5.16 Å². The maximum Gasteiger partial charge on any atom is -1.00 e. The summed E-state index contributed by atoms with van der Waals surface area (Å²) >= 11 is 1.14. The number of rotatable bonds is 0. The number of aryl methyl sites for hydroxylation is 2. The van der Waals surface area contributed by atoms with Gasteiger partial charge >= 0.3 is 57.4 Å². The van der Waals surface area contributed by atoms with Crippen molar-refractivity contribution in [1.82, 2.24) is 5.16 Å². The van der Waals surface area contributed by atoms with Gasteiger partial charge in [0.15, 0.2) is 0 Å². The first-order valence-corrected chi connectivity index (χ1v) is 3.95. The predicted octanol–water partition coefficient (Wildman–Crippen LogP) is -2.53. The predicted molar refractivity (Wildman–Crippen MR) is 25.6 cm³/mol. The zero-order chi connectivity index (χ0) is 6.15. The third-order valence-corrected chi connectivity index (χ3v) is 3.30. The van der Waals surface area contributed by atoms with Crippen molar-refractivity contribution in [1.29, 1.82) is 0 Å². The summed E-state index contributed by atoms with van der Waals surface area (Å²) in [6.45, 7) is 3.91. The molecule has 1 aromatic rings. The van der Waals surface area contributed by atoms with E-state index in [1.165, 1.54) is 4.16 Å². The second-order valence-electron chi connectivity index (χ2n) is 1.80. The molecule has 9 heavy (non-hydrogen) atoms. The van der Waals surface area contributed by atoms with Gasteiger partial charge in [-0.05, 0) is 0 Å². The zero-order valence-corrected chi connectivity index (χ0v) is 10.6. The Kier molecular flexibility index (Phi) is 3.89. The molecule has 4 heteroatoms. The summed E-state index contributed by atoms with van der Waals surface area (Å²) in [6, 6.07) is 0. The third-order valence-electron chi connectivity index (χ3n) is 1.18. The minimum absolute atomic E-state index is 0. The molecule has 0 unspecified atom stereocenters. The van der Waals surface area contributed by atoms with Gasteiger partial charge in [0.1, 0.15) is 0 Å². The quantitative estimate of drug-likeness (QED) is 0.389. The number of hydrogen-bond acceptors (Lipinski definition) is 2. The van der Waals surface area contributed by atoms with Gasteiger partial charge in [0.2, 0.25) is 0 Å². The van der Waals surface area contributed by atoms with Gasteiger partial charge in [0.25, 0.3) is 0 Å². The van der Waals surface area contributed by atoms with Gasteiger partial charge in [-0.25, -0.2) is 0 Å². The fraction of sp³-hybridized carbons (Fsp3) is 0.400. The van der Waals surface area contributed by atoms with Crippen molar-refractivity contribution < 1.29 is 46.8 Å². The molecule has 0 aliphatic heterocycles. The summed E-state index contributed by atoms with van der Waals surface area (Å²) in [5, 5.41) is 3.77. The van der Waals surface area contributed by atoms with Crippen molar-refractivity contribution in [2.45, 2.75) is 13.8 Å². The smallest absolute Gasteiger partial charge is 1.00 e. The van der Waals surface area contributed by atoms with E-state index in [-0.39, 0.29) is 24.0 Å². The molecule has 0 atom stereocenters. The Morgan fingerprint density at radius 3 is 2.11 bits per heavy atom. The Morgan fingerprint density at radius 2 is 2.00 bits per heavy atom. The number of aromatic nitrogens is 1. The summed E-state index contributed by atoms with van der Waals surface area (Å²) in [5.74, 6) is 0.975. The maximum atomic E-state index is 4.88. The fourth-order valence-corrected chi connectivity index (χ4v) is 0.773. The Hall–Kier alpha value is 0.563. The first kappa shape index (κ1) is 9.56. The standard InChI is InChI=1S/C5H6NO.HI.Zn/c1-4-3-5(2)7-6-4;;/h1-2H3;1H;/q;;+1/p-1. The van der Waals surface area contributed by atoms with Crippen LogP contribution in [0, 0.1) is 13.8 Å². The average Bonchev–Trinajstić information content (AvgIpc) is 1.98. The molecular weight excluding hydrogens is 282 g/mol. The molecule has 1 heterocycles. The van der Waals surface area contributed by atoms with Crippen LogP contribution in [-0.2, 0) is 18.3 Å². The van der Waals surface area contributed by atoms with Crippen molar-refractivity contribution >= 4 is 4.16 Å². The molecule has 0 fully saturated rings. The molecule has 2 nitrogen and oxygen atoms in total. The van der Waals surface area contributed by atoms with E-state index in [4.69, 9.17) is 4.52 Å². The van der Waals surface area contributed by atoms with Crippen LogP contribution in [0.4, 0.5) is 0 Å². The van der Waals surface area contributed by atoms with E-state index in [1.54, 1.807) is 0 Å². The Morgan fingerprint density at radius 1 is 1.44 bits per heavy atom. The van der Waals surface area contributed by atoms with Crippen molar-refractivity contribution in [3.05, 3.63) is 11.5 Å². The van der Waals surface area contributed by atoms with E-state index in [0.717, 1.165) is 29.8 Å². The van der Waals surface area contributed by atoms with Crippen LogP contribution in [0.3, 0.4) is 0 Å². The van der Waals surface area contributed by atoms with E-state index < -0.39 is 0 Å². The number of hydrogen-bond donors (Lipinski definition) is 0. The molecule has 0 N–H and O–H groups in total. The molecule has 0 aliphatic rings. The van der Waals surface area contributed by atoms with Crippen LogP contribution in [0.25, 0.3) is 0 Å². The Bertz CT molecular complexity index is 179. The van der Waals surface area contributed by atoms with Crippen molar-refractivity contribution in [2.75, 3.05) is 0 Å². The Balaban J connectivity index is 0.000000640. The third kappa shape index (κ3) is 2.01. The molecule has 0 radical (unpaired) electrons. The van der Waals surface area contributed by atoms with Gasteiger partial charge in [0, 0.05) is 0 Å². The summed E-state index contributed by atoms with van der Waals surface area (Å²) in [6.07, 6.45) is 0. The molecule has 46 valence electrons. The van der Waals surface area contributed by atoms with E-state index >= 15 is 0 Å². The van der Waals surface area contributed by atoms with E-state index in [9.17, 15) is 0 Å². The average molecular weight is 288 g/mol. The molecule has 1 aromatic heterocycles. The number of halogens is 1. The largest absolute Gasteiger partial charge is 1.00 e. The van der Waals surface area contributed by atoms with Crippen molar-refractivity contribution in [3.63, 3.8) is 0 Å². The summed E-state index contributed by atoms with van der Waals surface area (Å²) in [4.78, 5) is 0. The van der Waals surface area contributed by atoms with Gasteiger partial charge in [-0.1, -0.05) is 0 Å². The van der Waals surface area contributed by atoms with Crippen LogP contribution in [0.1, 0.15) is 11.5 Å². The van der Waals surface area contributed by atoms with E-state index in [0.29, 0.717) is 0 Å². The fourth-order valence-electron chi connectivity index (χ4n) is 0.502. The van der Waals surface area contributed by atoms with E-state index in [1.807, 2.05) is 13.8 Å². The topological polar surface area (TPSA) is 26.0 Å². The minimum atomic E-state index is 0. The first-order chi connectivity index (χ1) is 3.72. The summed E-state index contributed by atoms with van der Waals surface area (Å²) in [5.41, 5.74) is 1.04. The SMILES string of the molecule is Cc1noc(C)[c]1[Zn+].[I-]. The maximum absolute atomic E-state index is 4.88. The molecule has 0 saturated carbocycles. The molecule has 0 spiro atoms. The van der Waals surface area contributed by atoms with Crippen molar-refractivity contribution in [3.8, 4) is 0 Å². The molecular formula is C5H6INOZn. The van der Waals surface area contributed by atoms with Gasteiger partial charge in [-0.3, -0.25) is 0 Å². The zero-order valence-electron chi connectivity index (χ0n) is 5.44. The van der Waals surface area contributed by atoms with Crippen LogP contribution >= 0.6 is 0 Å². The van der Waals surface area contributed by atoms with Gasteiger partial charge in [0.05, 0.1) is 0 Å². The van der Waals surface area contributed by atoms with Gasteiger partial charge in [-0.2, -0.15) is 0 Å². The molecule has 0 bridgehead atoms. The van der Waals surface area contributed by atoms with Crippen molar-refractivity contribution in [2.24, 2.45) is 0 Å². The van der Waals surface area contributed by atoms with Crippen LogP contribution < -0.4 is 28.1 Å². The molecule has 0 aromatic carbocycles. The molecule has 0 aliphatic carbocycles. The van der Waals surface area contributed by atoms with Crippen LogP contribution in [0.15, 0.2) is 4.52 Å². The van der Waals surface area contributed by atoms with Gasteiger partial charge in [-0.15, -0.1) is 0 Å². The summed E-state index contributed by atoms with van der Waals surface area (Å²) in [7, 11) is 0. The second kappa shape index (κ2) is 3.66. The summed E-state index contributed by atoms with van der Waals surface area (Å²) < 4.78 is 6.16. The van der Waals surface area contributed by atoms with Crippen LogP contribution in [-0.4, -0.2) is 5.16 Å². The first-order valence-electron chi connectivity index (χ1n) is 2.46. The molecule has 1 rings (SSSR count). The Labute approximate surface area is 81.1 Å². The van der Waals surface area contributed by atoms with Crippen LogP contribution in [0.5, 0.6) is 0 Å². The minimum Gasteiger partial charge on any atom is -1.00 e. The van der Waals surface area contributed by atoms with Gasteiger partial charge < -0.3 is 24.0 Å². The van der Waals surface area contributed by atoms with Crippen LogP contribution in [0.2, 0.25) is 0 Å². The molecule has 0 amide bonds.